The number of carbonyl (C=O) groups excluding carboxylic acids is 2. The third-order valence-electron chi connectivity index (χ3n) is 3.29. The summed E-state index contributed by atoms with van der Waals surface area (Å²) < 4.78 is 10.2. The molecule has 0 heterocycles. The first-order valence-corrected chi connectivity index (χ1v) is 8.31. The van der Waals surface area contributed by atoms with E-state index in [0.717, 1.165) is 0 Å². The molecule has 1 N–H and O–H groups in total. The molecule has 0 aromatic heterocycles. The summed E-state index contributed by atoms with van der Waals surface area (Å²) in [6.07, 6.45) is 0.829. The third kappa shape index (κ3) is 5.96. The van der Waals surface area contributed by atoms with Crippen molar-refractivity contribution in [2.75, 3.05) is 19.0 Å². The minimum atomic E-state index is -0.558. The van der Waals surface area contributed by atoms with Crippen LogP contribution in [0.1, 0.15) is 23.2 Å². The second kappa shape index (κ2) is 9.30. The second-order valence-corrected chi connectivity index (χ2v) is 5.98. The number of ether oxygens (including phenoxy) is 2. The minimum absolute atomic E-state index is 0.183. The summed E-state index contributed by atoms with van der Waals surface area (Å²) in [5, 5.41) is 3.62. The lowest BCUT2D eigenvalue weighted by Gasteiger charge is -2.09. The molecule has 0 saturated carbocycles. The maximum atomic E-state index is 12.0. The number of anilines is 1. The summed E-state index contributed by atoms with van der Waals surface area (Å²) in [5.41, 5.74) is 0.682. The van der Waals surface area contributed by atoms with Crippen molar-refractivity contribution in [1.29, 1.82) is 0 Å². The highest BCUT2D eigenvalue weighted by Gasteiger charge is 2.12. The molecule has 0 spiro atoms. The monoisotopic (exact) mass is 381 g/mol. The Labute approximate surface area is 155 Å². The van der Waals surface area contributed by atoms with Gasteiger partial charge in [-0.25, -0.2) is 4.79 Å². The van der Waals surface area contributed by atoms with Crippen LogP contribution in [-0.4, -0.2) is 25.6 Å². The first-order chi connectivity index (χ1) is 12.0. The molecule has 2 aromatic rings. The van der Waals surface area contributed by atoms with Crippen LogP contribution in [0.4, 0.5) is 5.69 Å². The van der Waals surface area contributed by atoms with E-state index in [-0.39, 0.29) is 22.9 Å². The Morgan fingerprint density at radius 2 is 1.80 bits per heavy atom. The minimum Gasteiger partial charge on any atom is -0.494 e. The van der Waals surface area contributed by atoms with E-state index in [1.165, 1.54) is 19.2 Å². The molecule has 0 aliphatic rings. The molecule has 0 bridgehead atoms. The summed E-state index contributed by atoms with van der Waals surface area (Å²) in [4.78, 5) is 23.6. The number of methoxy groups -OCH3 is 1. The molecule has 0 aliphatic heterocycles. The lowest BCUT2D eigenvalue weighted by atomic mass is 10.2. The highest BCUT2D eigenvalue weighted by Crippen LogP contribution is 2.21. The quantitative estimate of drug-likeness (QED) is 0.563. The van der Waals surface area contributed by atoms with E-state index < -0.39 is 5.97 Å². The Balaban J connectivity index is 1.80. The van der Waals surface area contributed by atoms with Gasteiger partial charge in [0, 0.05) is 17.1 Å². The normalized spacial score (nSPS) is 10.2. The van der Waals surface area contributed by atoms with E-state index in [9.17, 15) is 9.59 Å². The second-order valence-electron chi connectivity index (χ2n) is 5.14. The molecule has 1 amide bonds. The number of amides is 1. The molecule has 0 atom stereocenters. The van der Waals surface area contributed by atoms with Gasteiger partial charge in [-0.2, -0.15) is 0 Å². The van der Waals surface area contributed by atoms with Crippen molar-refractivity contribution in [3.8, 4) is 5.75 Å². The van der Waals surface area contributed by atoms with E-state index in [1.807, 2.05) is 0 Å². The van der Waals surface area contributed by atoms with Crippen LogP contribution in [0, 0.1) is 0 Å². The van der Waals surface area contributed by atoms with Crippen molar-refractivity contribution < 1.29 is 19.1 Å². The Morgan fingerprint density at radius 3 is 2.48 bits per heavy atom. The zero-order chi connectivity index (χ0) is 18.2. The maximum absolute atomic E-state index is 12.0. The maximum Gasteiger partial charge on any atom is 0.339 e. The number of carbonyl (C=O) groups is 2. The van der Waals surface area contributed by atoms with Gasteiger partial charge in [-0.05, 0) is 48.9 Å². The number of nitrogens with one attached hydrogen (secondary N) is 1. The van der Waals surface area contributed by atoms with Gasteiger partial charge in [0.05, 0.1) is 24.3 Å². The van der Waals surface area contributed by atoms with Gasteiger partial charge in [-0.1, -0.05) is 23.2 Å². The van der Waals surface area contributed by atoms with Crippen molar-refractivity contribution in [2.24, 2.45) is 0 Å². The van der Waals surface area contributed by atoms with Gasteiger partial charge < -0.3 is 14.8 Å². The highest BCUT2D eigenvalue weighted by atomic mass is 35.5. The predicted molar refractivity (Wildman–Crippen MR) is 97.6 cm³/mol. The molecule has 0 aliphatic carbocycles. The number of esters is 1. The standard InChI is InChI=1S/C18H17Cl2NO4/c1-24-18(23)15-11-13(6-9-16(15)20)21-17(22)3-2-10-25-14-7-4-12(19)5-8-14/h4-9,11H,2-3,10H2,1H3,(H,21,22). The lowest BCUT2D eigenvalue weighted by Crippen LogP contribution is -2.13. The van der Waals surface area contributed by atoms with E-state index in [2.05, 4.69) is 10.1 Å². The number of benzene rings is 2. The van der Waals surface area contributed by atoms with Gasteiger partial charge in [-0.3, -0.25) is 4.79 Å². The van der Waals surface area contributed by atoms with Crippen molar-refractivity contribution in [1.82, 2.24) is 0 Å². The smallest absolute Gasteiger partial charge is 0.339 e. The highest BCUT2D eigenvalue weighted by molar-refractivity contribution is 6.33. The van der Waals surface area contributed by atoms with Crippen molar-refractivity contribution in [2.45, 2.75) is 12.8 Å². The first kappa shape index (κ1) is 19.1. The predicted octanol–water partition coefficient (Wildman–Crippen LogP) is 4.58. The summed E-state index contributed by atoms with van der Waals surface area (Å²) in [7, 11) is 1.27. The molecule has 2 rings (SSSR count). The average Bonchev–Trinajstić information content (AvgIpc) is 2.61. The largest absolute Gasteiger partial charge is 0.494 e. The molecule has 132 valence electrons. The van der Waals surface area contributed by atoms with Gasteiger partial charge in [-0.15, -0.1) is 0 Å². The van der Waals surface area contributed by atoms with Gasteiger partial charge in [0.15, 0.2) is 0 Å². The van der Waals surface area contributed by atoms with E-state index in [0.29, 0.717) is 29.5 Å². The number of halogens is 2. The molecular weight excluding hydrogens is 365 g/mol. The zero-order valence-corrected chi connectivity index (χ0v) is 15.1. The van der Waals surface area contributed by atoms with Crippen LogP contribution in [0.15, 0.2) is 42.5 Å². The summed E-state index contributed by atoms with van der Waals surface area (Å²) in [6, 6.07) is 11.7. The average molecular weight is 382 g/mol. The number of rotatable bonds is 7. The molecule has 0 radical (unpaired) electrons. The van der Waals surface area contributed by atoms with Crippen LogP contribution in [0.5, 0.6) is 5.75 Å². The Kier molecular flexibility index (Phi) is 7.10. The van der Waals surface area contributed by atoms with Crippen LogP contribution in [0.3, 0.4) is 0 Å². The summed E-state index contributed by atoms with van der Waals surface area (Å²) in [6.45, 7) is 0.406. The molecule has 0 fully saturated rings. The van der Waals surface area contributed by atoms with Crippen LogP contribution in [0.2, 0.25) is 10.0 Å². The van der Waals surface area contributed by atoms with Crippen molar-refractivity contribution >= 4 is 40.8 Å². The summed E-state index contributed by atoms with van der Waals surface area (Å²) in [5.74, 6) is -0.0412. The fraction of sp³-hybridized carbons (Fsp3) is 0.222. The van der Waals surface area contributed by atoms with E-state index in [4.69, 9.17) is 27.9 Å². The van der Waals surface area contributed by atoms with Crippen LogP contribution < -0.4 is 10.1 Å². The number of hydrogen-bond donors (Lipinski definition) is 1. The molecule has 0 saturated heterocycles. The molecule has 5 nitrogen and oxygen atoms in total. The van der Waals surface area contributed by atoms with E-state index >= 15 is 0 Å². The molecule has 7 heteroatoms. The molecule has 2 aromatic carbocycles. The van der Waals surface area contributed by atoms with Gasteiger partial charge >= 0.3 is 5.97 Å². The SMILES string of the molecule is COC(=O)c1cc(NC(=O)CCCOc2ccc(Cl)cc2)ccc1Cl. The fourth-order valence-electron chi connectivity index (χ4n) is 2.05. The van der Waals surface area contributed by atoms with Crippen LogP contribution >= 0.6 is 23.2 Å². The number of hydrogen-bond acceptors (Lipinski definition) is 4. The Hall–Kier alpha value is -2.24. The van der Waals surface area contributed by atoms with Crippen LogP contribution in [0.25, 0.3) is 0 Å². The van der Waals surface area contributed by atoms with E-state index in [1.54, 1.807) is 30.3 Å². The van der Waals surface area contributed by atoms with Gasteiger partial charge in [0.25, 0.3) is 0 Å². The Bertz CT molecular complexity index is 747. The van der Waals surface area contributed by atoms with Gasteiger partial charge in [0.1, 0.15) is 5.75 Å². The van der Waals surface area contributed by atoms with Crippen molar-refractivity contribution in [3.63, 3.8) is 0 Å². The fourth-order valence-corrected chi connectivity index (χ4v) is 2.37. The molecule has 0 unspecified atom stereocenters. The third-order valence-corrected chi connectivity index (χ3v) is 3.87. The lowest BCUT2D eigenvalue weighted by molar-refractivity contribution is -0.116. The van der Waals surface area contributed by atoms with Crippen molar-refractivity contribution in [3.05, 3.63) is 58.1 Å². The summed E-state index contributed by atoms with van der Waals surface area (Å²) >= 11 is 11.7. The topological polar surface area (TPSA) is 64.6 Å². The van der Waals surface area contributed by atoms with Crippen LogP contribution in [-0.2, 0) is 9.53 Å². The molecule has 25 heavy (non-hydrogen) atoms. The molecular formula is C18H17Cl2NO4. The Morgan fingerprint density at radius 1 is 1.08 bits per heavy atom. The zero-order valence-electron chi connectivity index (χ0n) is 13.6. The van der Waals surface area contributed by atoms with Gasteiger partial charge in [0.2, 0.25) is 5.91 Å². The first-order valence-electron chi connectivity index (χ1n) is 7.55.